The minimum atomic E-state index is -0.311. The van der Waals surface area contributed by atoms with Crippen molar-refractivity contribution in [3.8, 4) is 5.75 Å². The van der Waals surface area contributed by atoms with Gasteiger partial charge in [-0.2, -0.15) is 0 Å². The number of benzene rings is 1. The molecule has 0 bridgehead atoms. The molecule has 0 saturated heterocycles. The lowest BCUT2D eigenvalue weighted by Gasteiger charge is -2.17. The summed E-state index contributed by atoms with van der Waals surface area (Å²) in [6, 6.07) is 5.43. The van der Waals surface area contributed by atoms with Crippen LogP contribution in [0.1, 0.15) is 13.3 Å². The Kier molecular flexibility index (Phi) is 7.74. The molecule has 1 amide bonds. The fraction of sp³-hybridized carbons (Fsp3) is 0.429. The fourth-order valence-electron chi connectivity index (χ4n) is 1.46. The number of carbonyl (C=O) groups excluding carboxylic acids is 2. The van der Waals surface area contributed by atoms with E-state index in [1.54, 1.807) is 20.0 Å². The number of esters is 1. The van der Waals surface area contributed by atoms with Gasteiger partial charge in [0, 0.05) is 18.1 Å². The number of rotatable bonds is 7. The number of halogens is 2. The van der Waals surface area contributed by atoms with E-state index in [1.807, 2.05) is 12.1 Å². The molecule has 0 unspecified atom stereocenters. The van der Waals surface area contributed by atoms with Crippen LogP contribution in [0.5, 0.6) is 5.75 Å². The quantitative estimate of drug-likeness (QED) is 0.634. The molecule has 0 radical (unpaired) electrons. The van der Waals surface area contributed by atoms with Crippen molar-refractivity contribution in [2.75, 3.05) is 26.8 Å². The van der Waals surface area contributed by atoms with E-state index in [0.717, 1.165) is 8.95 Å². The van der Waals surface area contributed by atoms with Gasteiger partial charge in [-0.05, 0) is 41.1 Å². The number of hydrogen-bond acceptors (Lipinski definition) is 4. The van der Waals surface area contributed by atoms with Crippen molar-refractivity contribution in [3.63, 3.8) is 0 Å². The first-order valence-corrected chi connectivity index (χ1v) is 8.00. The molecule has 1 aromatic rings. The van der Waals surface area contributed by atoms with Crippen LogP contribution in [0.4, 0.5) is 0 Å². The largest absolute Gasteiger partial charge is 0.483 e. The van der Waals surface area contributed by atoms with Crippen LogP contribution >= 0.6 is 31.9 Å². The number of nitrogens with zero attached hydrogens (tertiary/aromatic N) is 1. The third-order valence-corrected chi connectivity index (χ3v) is 3.74. The lowest BCUT2D eigenvalue weighted by Crippen LogP contribution is -2.33. The second-order valence-corrected chi connectivity index (χ2v) is 6.00. The summed E-state index contributed by atoms with van der Waals surface area (Å²) in [5, 5.41) is 0. The van der Waals surface area contributed by atoms with Gasteiger partial charge in [-0.1, -0.05) is 15.9 Å². The second-order valence-electron chi connectivity index (χ2n) is 4.23. The van der Waals surface area contributed by atoms with Crippen LogP contribution in [-0.2, 0) is 14.3 Å². The second kappa shape index (κ2) is 9.04. The molecule has 0 atom stereocenters. The first-order chi connectivity index (χ1) is 9.93. The molecule has 21 heavy (non-hydrogen) atoms. The molecule has 1 rings (SSSR count). The summed E-state index contributed by atoms with van der Waals surface area (Å²) in [5.74, 6) is 0.0770. The Morgan fingerprint density at radius 3 is 2.62 bits per heavy atom. The summed E-state index contributed by atoms with van der Waals surface area (Å²) in [6.07, 6.45) is 0.179. The third kappa shape index (κ3) is 6.48. The van der Waals surface area contributed by atoms with Crippen molar-refractivity contribution in [1.82, 2.24) is 4.90 Å². The van der Waals surface area contributed by atoms with Gasteiger partial charge >= 0.3 is 5.97 Å². The van der Waals surface area contributed by atoms with Gasteiger partial charge < -0.3 is 14.4 Å². The SMILES string of the molecule is CCOC(=O)CCN(C)C(=O)COc1ccc(Br)cc1Br. The molecule has 7 heteroatoms. The highest BCUT2D eigenvalue weighted by atomic mass is 79.9. The summed E-state index contributed by atoms with van der Waals surface area (Å²) in [4.78, 5) is 24.6. The van der Waals surface area contributed by atoms with Crippen molar-refractivity contribution in [1.29, 1.82) is 0 Å². The predicted molar refractivity (Wildman–Crippen MR) is 86.2 cm³/mol. The molecule has 0 spiro atoms. The van der Waals surface area contributed by atoms with Crippen molar-refractivity contribution in [3.05, 3.63) is 27.1 Å². The van der Waals surface area contributed by atoms with Crippen LogP contribution < -0.4 is 4.74 Å². The topological polar surface area (TPSA) is 55.8 Å². The maximum atomic E-state index is 11.9. The molecular formula is C14H17Br2NO4. The lowest BCUT2D eigenvalue weighted by atomic mass is 10.3. The average molecular weight is 423 g/mol. The maximum Gasteiger partial charge on any atom is 0.307 e. The van der Waals surface area contributed by atoms with Crippen molar-refractivity contribution in [2.45, 2.75) is 13.3 Å². The summed E-state index contributed by atoms with van der Waals surface area (Å²) >= 11 is 6.70. The summed E-state index contributed by atoms with van der Waals surface area (Å²) in [7, 11) is 1.63. The van der Waals surface area contributed by atoms with E-state index in [-0.39, 0.29) is 24.9 Å². The van der Waals surface area contributed by atoms with Crippen LogP contribution in [-0.4, -0.2) is 43.6 Å². The first kappa shape index (κ1) is 18.0. The Balaban J connectivity index is 2.40. The zero-order chi connectivity index (χ0) is 15.8. The van der Waals surface area contributed by atoms with Gasteiger partial charge in [0.1, 0.15) is 5.75 Å². The lowest BCUT2D eigenvalue weighted by molar-refractivity contribution is -0.144. The van der Waals surface area contributed by atoms with Crippen molar-refractivity contribution >= 4 is 43.7 Å². The highest BCUT2D eigenvalue weighted by molar-refractivity contribution is 9.11. The number of carbonyl (C=O) groups is 2. The van der Waals surface area contributed by atoms with E-state index in [1.165, 1.54) is 4.90 Å². The van der Waals surface area contributed by atoms with Crippen LogP contribution in [0.25, 0.3) is 0 Å². The molecule has 0 heterocycles. The average Bonchev–Trinajstić information content (AvgIpc) is 2.43. The van der Waals surface area contributed by atoms with Crippen LogP contribution in [0.3, 0.4) is 0 Å². The van der Waals surface area contributed by atoms with E-state index < -0.39 is 0 Å². The molecule has 116 valence electrons. The van der Waals surface area contributed by atoms with E-state index in [2.05, 4.69) is 31.9 Å². The molecule has 0 N–H and O–H groups in total. The summed E-state index contributed by atoms with van der Waals surface area (Å²) in [6.45, 7) is 2.32. The Bertz CT molecular complexity index is 508. The van der Waals surface area contributed by atoms with Crippen molar-refractivity contribution in [2.24, 2.45) is 0 Å². The Morgan fingerprint density at radius 2 is 2.00 bits per heavy atom. The molecular weight excluding hydrogens is 406 g/mol. The monoisotopic (exact) mass is 421 g/mol. The Labute approximate surface area is 140 Å². The molecule has 0 aromatic heterocycles. The van der Waals surface area contributed by atoms with Gasteiger partial charge in [-0.25, -0.2) is 0 Å². The van der Waals surface area contributed by atoms with Crippen LogP contribution in [0.15, 0.2) is 27.1 Å². The highest BCUT2D eigenvalue weighted by Crippen LogP contribution is 2.28. The van der Waals surface area contributed by atoms with E-state index in [4.69, 9.17) is 9.47 Å². The van der Waals surface area contributed by atoms with Crippen LogP contribution in [0.2, 0.25) is 0 Å². The third-order valence-electron chi connectivity index (χ3n) is 2.63. The normalized spacial score (nSPS) is 10.1. The molecule has 0 aliphatic carbocycles. The predicted octanol–water partition coefficient (Wildman–Crippen LogP) is 3.00. The zero-order valence-electron chi connectivity index (χ0n) is 11.9. The van der Waals surface area contributed by atoms with Gasteiger partial charge in [-0.3, -0.25) is 9.59 Å². The standard InChI is InChI=1S/C14H17Br2NO4/c1-3-20-14(19)6-7-17(2)13(18)9-21-12-5-4-10(15)8-11(12)16/h4-5,8H,3,6-7,9H2,1-2H3. The number of hydrogen-bond donors (Lipinski definition) is 0. The zero-order valence-corrected chi connectivity index (χ0v) is 15.1. The van der Waals surface area contributed by atoms with Gasteiger partial charge in [0.25, 0.3) is 5.91 Å². The molecule has 0 saturated carbocycles. The molecule has 1 aromatic carbocycles. The first-order valence-electron chi connectivity index (χ1n) is 6.41. The minimum absolute atomic E-state index is 0.0838. The fourth-order valence-corrected chi connectivity index (χ4v) is 2.62. The van der Waals surface area contributed by atoms with Gasteiger partial charge in [0.05, 0.1) is 17.5 Å². The van der Waals surface area contributed by atoms with E-state index in [9.17, 15) is 9.59 Å². The van der Waals surface area contributed by atoms with E-state index in [0.29, 0.717) is 18.9 Å². The maximum absolute atomic E-state index is 11.9. The summed E-state index contributed by atoms with van der Waals surface area (Å²) in [5.41, 5.74) is 0. The van der Waals surface area contributed by atoms with Gasteiger partial charge in [-0.15, -0.1) is 0 Å². The van der Waals surface area contributed by atoms with Crippen LogP contribution in [0, 0.1) is 0 Å². The number of amides is 1. The van der Waals surface area contributed by atoms with Crippen molar-refractivity contribution < 1.29 is 19.1 Å². The minimum Gasteiger partial charge on any atom is -0.483 e. The summed E-state index contributed by atoms with van der Waals surface area (Å²) < 4.78 is 11.9. The van der Waals surface area contributed by atoms with E-state index >= 15 is 0 Å². The van der Waals surface area contributed by atoms with Gasteiger partial charge in [0.15, 0.2) is 6.61 Å². The Hall–Kier alpha value is -1.08. The number of ether oxygens (including phenoxy) is 2. The molecule has 0 fully saturated rings. The highest BCUT2D eigenvalue weighted by Gasteiger charge is 2.12. The van der Waals surface area contributed by atoms with Gasteiger partial charge in [0.2, 0.25) is 0 Å². The molecule has 0 aliphatic heterocycles. The smallest absolute Gasteiger partial charge is 0.307 e. The molecule has 0 aliphatic rings. The molecule has 5 nitrogen and oxygen atoms in total. The Morgan fingerprint density at radius 1 is 1.29 bits per heavy atom. The number of likely N-dealkylation sites (N-methyl/N-ethyl adjacent to an activating group) is 1.